The molecule has 0 bridgehead atoms. The molecule has 0 rings (SSSR count). The summed E-state index contributed by atoms with van der Waals surface area (Å²) < 4.78 is 0. The fourth-order valence-electron chi connectivity index (χ4n) is 1.19. The molecular formula is C14H24. The summed E-state index contributed by atoms with van der Waals surface area (Å²) in [6, 6.07) is 0. The van der Waals surface area contributed by atoms with E-state index in [4.69, 9.17) is 0 Å². The zero-order chi connectivity index (χ0) is 10.5. The zero-order valence-electron chi connectivity index (χ0n) is 9.71. The number of rotatable bonds is 8. The van der Waals surface area contributed by atoms with Gasteiger partial charge in [0.15, 0.2) is 0 Å². The average molecular weight is 192 g/mol. The zero-order valence-corrected chi connectivity index (χ0v) is 9.71. The molecule has 0 unspecified atom stereocenters. The molecule has 0 atom stereocenters. The fraction of sp³-hybridized carbons (Fsp3) is 0.571. The van der Waals surface area contributed by atoms with Crippen LogP contribution in [0, 0.1) is 0 Å². The van der Waals surface area contributed by atoms with Crippen LogP contribution in [-0.2, 0) is 0 Å². The van der Waals surface area contributed by atoms with Crippen LogP contribution in [0.2, 0.25) is 0 Å². The van der Waals surface area contributed by atoms with Gasteiger partial charge in [0.25, 0.3) is 0 Å². The highest BCUT2D eigenvalue weighted by Gasteiger charge is 1.79. The lowest BCUT2D eigenvalue weighted by Crippen LogP contribution is -1.69. The Labute approximate surface area is 89.4 Å². The molecule has 80 valence electrons. The maximum atomic E-state index is 2.29. The monoisotopic (exact) mass is 192 g/mol. The predicted molar refractivity (Wildman–Crippen MR) is 66.5 cm³/mol. The minimum Gasteiger partial charge on any atom is -0.0888 e. The first-order valence-corrected chi connectivity index (χ1v) is 5.86. The molecule has 14 heavy (non-hydrogen) atoms. The second-order valence-electron chi connectivity index (χ2n) is 3.40. The largest absolute Gasteiger partial charge is 0.0888 e. The van der Waals surface area contributed by atoms with Crippen molar-refractivity contribution in [1.82, 2.24) is 0 Å². The third-order valence-corrected chi connectivity index (χ3v) is 1.99. The maximum absolute atomic E-state index is 2.29. The van der Waals surface area contributed by atoms with Crippen molar-refractivity contribution in [3.63, 3.8) is 0 Å². The van der Waals surface area contributed by atoms with E-state index < -0.39 is 0 Å². The van der Waals surface area contributed by atoms with Crippen molar-refractivity contribution in [1.29, 1.82) is 0 Å². The smallest absolute Gasteiger partial charge is 0.0169 e. The average Bonchev–Trinajstić information content (AvgIpc) is 2.21. The quantitative estimate of drug-likeness (QED) is 0.373. The Bertz CT molecular complexity index is 172. The third-order valence-electron chi connectivity index (χ3n) is 1.99. The summed E-state index contributed by atoms with van der Waals surface area (Å²) in [6.07, 6.45) is 20.7. The van der Waals surface area contributed by atoms with E-state index in [-0.39, 0.29) is 0 Å². The summed E-state index contributed by atoms with van der Waals surface area (Å²) in [5.74, 6) is 0. The first-order chi connectivity index (χ1) is 6.91. The van der Waals surface area contributed by atoms with Crippen LogP contribution in [0.5, 0.6) is 0 Å². The van der Waals surface area contributed by atoms with Gasteiger partial charge in [0, 0.05) is 0 Å². The Kier molecular flexibility index (Phi) is 11.5. The summed E-state index contributed by atoms with van der Waals surface area (Å²) >= 11 is 0. The molecule has 0 saturated carbocycles. The molecular weight excluding hydrogens is 168 g/mol. The normalized spacial score (nSPS) is 12.4. The van der Waals surface area contributed by atoms with E-state index in [1.165, 1.54) is 19.3 Å². The van der Waals surface area contributed by atoms with Crippen LogP contribution < -0.4 is 0 Å². The summed E-state index contributed by atoms with van der Waals surface area (Å²) in [7, 11) is 0. The van der Waals surface area contributed by atoms with Crippen molar-refractivity contribution < 1.29 is 0 Å². The number of hydrogen-bond acceptors (Lipinski definition) is 0. The summed E-state index contributed by atoms with van der Waals surface area (Å²) in [5.41, 5.74) is 0. The van der Waals surface area contributed by atoms with Gasteiger partial charge in [0.05, 0.1) is 0 Å². The fourth-order valence-corrected chi connectivity index (χ4v) is 1.19. The number of unbranched alkanes of at least 4 members (excludes halogenated alkanes) is 2. The SMILES string of the molecule is CC/C=C\C/C=C\CCC/C=C\CC. The molecule has 0 radical (unpaired) electrons. The number of hydrogen-bond donors (Lipinski definition) is 0. The van der Waals surface area contributed by atoms with E-state index >= 15 is 0 Å². The minimum atomic E-state index is 1.10. The highest BCUT2D eigenvalue weighted by atomic mass is 13.9. The van der Waals surface area contributed by atoms with Crippen LogP contribution >= 0.6 is 0 Å². The van der Waals surface area contributed by atoms with Crippen LogP contribution in [-0.4, -0.2) is 0 Å². The lowest BCUT2D eigenvalue weighted by Gasteiger charge is -1.89. The van der Waals surface area contributed by atoms with Crippen LogP contribution in [0.1, 0.15) is 52.4 Å². The molecule has 0 aliphatic rings. The van der Waals surface area contributed by atoms with Gasteiger partial charge < -0.3 is 0 Å². The van der Waals surface area contributed by atoms with Gasteiger partial charge in [-0.3, -0.25) is 0 Å². The molecule has 0 N–H and O–H groups in total. The molecule has 0 saturated heterocycles. The molecule has 0 nitrogen and oxygen atoms in total. The van der Waals surface area contributed by atoms with E-state index in [0.717, 1.165) is 19.3 Å². The molecule has 0 spiro atoms. The van der Waals surface area contributed by atoms with Crippen molar-refractivity contribution in [3.8, 4) is 0 Å². The van der Waals surface area contributed by atoms with Crippen LogP contribution in [0.4, 0.5) is 0 Å². The van der Waals surface area contributed by atoms with Gasteiger partial charge in [-0.1, -0.05) is 50.3 Å². The topological polar surface area (TPSA) is 0 Å². The van der Waals surface area contributed by atoms with E-state index in [2.05, 4.69) is 50.3 Å². The van der Waals surface area contributed by atoms with Gasteiger partial charge in [-0.2, -0.15) is 0 Å². The van der Waals surface area contributed by atoms with Crippen molar-refractivity contribution in [3.05, 3.63) is 36.5 Å². The van der Waals surface area contributed by atoms with Gasteiger partial charge >= 0.3 is 0 Å². The van der Waals surface area contributed by atoms with Crippen molar-refractivity contribution >= 4 is 0 Å². The first-order valence-electron chi connectivity index (χ1n) is 5.86. The van der Waals surface area contributed by atoms with Crippen molar-refractivity contribution in [2.75, 3.05) is 0 Å². The molecule has 0 amide bonds. The van der Waals surface area contributed by atoms with Gasteiger partial charge in [0.1, 0.15) is 0 Å². The van der Waals surface area contributed by atoms with Crippen molar-refractivity contribution in [2.24, 2.45) is 0 Å². The Hall–Kier alpha value is -0.780. The highest BCUT2D eigenvalue weighted by Crippen LogP contribution is 1.99. The Morgan fingerprint density at radius 2 is 1.14 bits per heavy atom. The van der Waals surface area contributed by atoms with Crippen LogP contribution in [0.15, 0.2) is 36.5 Å². The lowest BCUT2D eigenvalue weighted by atomic mass is 10.2. The van der Waals surface area contributed by atoms with Gasteiger partial charge in [-0.25, -0.2) is 0 Å². The second kappa shape index (κ2) is 12.2. The molecule has 0 aliphatic heterocycles. The third kappa shape index (κ3) is 11.2. The molecule has 0 aromatic carbocycles. The molecule has 0 aromatic heterocycles. The Balaban J connectivity index is 3.18. The molecule has 0 heterocycles. The predicted octanol–water partition coefficient (Wildman–Crippen LogP) is 5.04. The minimum absolute atomic E-state index is 1.10. The van der Waals surface area contributed by atoms with Crippen LogP contribution in [0.3, 0.4) is 0 Å². The summed E-state index contributed by atoms with van der Waals surface area (Å²) in [6.45, 7) is 4.34. The van der Waals surface area contributed by atoms with E-state index in [1.807, 2.05) is 0 Å². The van der Waals surface area contributed by atoms with E-state index in [9.17, 15) is 0 Å². The highest BCUT2D eigenvalue weighted by molar-refractivity contribution is 4.92. The van der Waals surface area contributed by atoms with Gasteiger partial charge in [-0.05, 0) is 38.5 Å². The Morgan fingerprint density at radius 1 is 0.643 bits per heavy atom. The summed E-state index contributed by atoms with van der Waals surface area (Å²) in [5, 5.41) is 0. The van der Waals surface area contributed by atoms with E-state index in [0.29, 0.717) is 0 Å². The lowest BCUT2D eigenvalue weighted by molar-refractivity contribution is 0.863. The summed E-state index contributed by atoms with van der Waals surface area (Å²) in [4.78, 5) is 0. The molecule has 0 aromatic rings. The van der Waals surface area contributed by atoms with Gasteiger partial charge in [0.2, 0.25) is 0 Å². The van der Waals surface area contributed by atoms with E-state index in [1.54, 1.807) is 0 Å². The van der Waals surface area contributed by atoms with Crippen molar-refractivity contribution in [2.45, 2.75) is 52.4 Å². The molecule has 0 aliphatic carbocycles. The standard InChI is InChI=1S/C14H24/c1-3-5-7-9-11-13-14-12-10-8-6-4-2/h5-8,11,13H,3-4,9-10,12,14H2,1-2H3/b7-5-,8-6-,13-11-. The van der Waals surface area contributed by atoms with Gasteiger partial charge in [-0.15, -0.1) is 0 Å². The first kappa shape index (κ1) is 13.2. The number of allylic oxidation sites excluding steroid dienone is 6. The van der Waals surface area contributed by atoms with Crippen LogP contribution in [0.25, 0.3) is 0 Å². The second-order valence-corrected chi connectivity index (χ2v) is 3.40. The maximum Gasteiger partial charge on any atom is -0.0169 e. The molecule has 0 fully saturated rings. The molecule has 0 heteroatoms. The Morgan fingerprint density at radius 3 is 1.79 bits per heavy atom.